The first-order chi connectivity index (χ1) is 12.8. The molecule has 0 aliphatic rings. The van der Waals surface area contributed by atoms with Crippen molar-refractivity contribution in [2.45, 2.75) is 17.9 Å². The number of hydrogen-bond acceptors (Lipinski definition) is 6. The molecule has 3 rings (SSSR count). The summed E-state index contributed by atoms with van der Waals surface area (Å²) in [5.74, 6) is 0.148. The summed E-state index contributed by atoms with van der Waals surface area (Å²) in [6.07, 6.45) is -1.15. The van der Waals surface area contributed by atoms with Crippen LogP contribution in [0.1, 0.15) is 5.56 Å². The topological polar surface area (TPSA) is 118 Å². The Labute approximate surface area is 157 Å². The van der Waals surface area contributed by atoms with Gasteiger partial charge >= 0.3 is 0 Å². The van der Waals surface area contributed by atoms with Gasteiger partial charge in [0.2, 0.25) is 0 Å². The maximum atomic E-state index is 12.4. The highest BCUT2D eigenvalue weighted by Gasteiger charge is 2.24. The van der Waals surface area contributed by atoms with Crippen LogP contribution in [-0.2, 0) is 14.3 Å². The van der Waals surface area contributed by atoms with Crippen molar-refractivity contribution < 1.29 is 12.6 Å². The molecule has 0 bridgehead atoms. The molecule has 1 aromatic heterocycles. The first-order valence-electron chi connectivity index (χ1n) is 8.29. The van der Waals surface area contributed by atoms with E-state index in [0.29, 0.717) is 5.82 Å². The van der Waals surface area contributed by atoms with E-state index < -0.39 is 16.2 Å². The van der Waals surface area contributed by atoms with E-state index in [1.54, 1.807) is 18.2 Å². The van der Waals surface area contributed by atoms with Gasteiger partial charge in [0.25, 0.3) is 10.1 Å². The molecule has 0 saturated carbocycles. The van der Waals surface area contributed by atoms with E-state index in [1.807, 2.05) is 37.3 Å². The predicted octanol–water partition coefficient (Wildman–Crippen LogP) is 2.67. The molecule has 140 valence electrons. The number of nitrogens with two attached hydrogens (primary N) is 1. The van der Waals surface area contributed by atoms with E-state index in [9.17, 15) is 8.42 Å². The van der Waals surface area contributed by atoms with E-state index in [-0.39, 0.29) is 17.3 Å². The molecular formula is C19H20N4O3S. The van der Waals surface area contributed by atoms with E-state index >= 15 is 0 Å². The van der Waals surface area contributed by atoms with Gasteiger partial charge in [0.05, 0.1) is 17.0 Å². The largest absolute Gasteiger partial charge is 0.385 e. The average Bonchev–Trinajstić information content (AvgIpc) is 2.65. The molecule has 0 aliphatic heterocycles. The van der Waals surface area contributed by atoms with Crippen LogP contribution in [0.3, 0.4) is 0 Å². The van der Waals surface area contributed by atoms with E-state index in [2.05, 4.69) is 10.3 Å². The van der Waals surface area contributed by atoms with Gasteiger partial charge in [-0.3, -0.25) is 9.59 Å². The van der Waals surface area contributed by atoms with Crippen LogP contribution in [0.5, 0.6) is 0 Å². The third-order valence-electron chi connectivity index (χ3n) is 3.97. The normalized spacial score (nSPS) is 12.6. The number of amidine groups is 1. The fourth-order valence-electron chi connectivity index (χ4n) is 2.47. The lowest BCUT2D eigenvalue weighted by molar-refractivity contribution is 0.281. The summed E-state index contributed by atoms with van der Waals surface area (Å²) in [6.45, 7) is 1.85. The van der Waals surface area contributed by atoms with Crippen molar-refractivity contribution in [2.24, 2.45) is 5.73 Å². The molecule has 1 unspecified atom stereocenters. The zero-order valence-electron chi connectivity index (χ0n) is 14.7. The zero-order chi connectivity index (χ0) is 19.4. The van der Waals surface area contributed by atoms with Crippen LogP contribution in [0.25, 0.3) is 10.9 Å². The molecule has 3 aromatic rings. The molecule has 0 fully saturated rings. The number of para-hydroxylation sites is 1. The minimum atomic E-state index is -4.04. The highest BCUT2D eigenvalue weighted by Crippen LogP contribution is 2.17. The lowest BCUT2D eigenvalue weighted by Crippen LogP contribution is -2.38. The van der Waals surface area contributed by atoms with Gasteiger partial charge in [-0.05, 0) is 37.3 Å². The Balaban J connectivity index is 1.73. The van der Waals surface area contributed by atoms with Crippen molar-refractivity contribution in [3.63, 3.8) is 0 Å². The summed E-state index contributed by atoms with van der Waals surface area (Å²) in [7, 11) is -4.04. The summed E-state index contributed by atoms with van der Waals surface area (Å²) in [5.41, 5.74) is 7.27. The Hall–Kier alpha value is -2.97. The van der Waals surface area contributed by atoms with Crippen molar-refractivity contribution >= 4 is 32.7 Å². The maximum Gasteiger partial charge on any atom is 0.297 e. The Kier molecular flexibility index (Phi) is 5.38. The van der Waals surface area contributed by atoms with Crippen molar-refractivity contribution in [3.05, 3.63) is 66.2 Å². The monoisotopic (exact) mass is 384 g/mol. The van der Waals surface area contributed by atoms with Crippen LogP contribution in [0.4, 0.5) is 5.82 Å². The second-order valence-electron chi connectivity index (χ2n) is 6.08. The highest BCUT2D eigenvalue weighted by molar-refractivity contribution is 7.86. The summed E-state index contributed by atoms with van der Waals surface area (Å²) >= 11 is 0. The molecule has 1 atom stereocenters. The van der Waals surface area contributed by atoms with Crippen LogP contribution >= 0.6 is 0 Å². The molecule has 27 heavy (non-hydrogen) atoms. The molecule has 0 radical (unpaired) electrons. The van der Waals surface area contributed by atoms with Gasteiger partial charge in [-0.1, -0.05) is 35.9 Å². The molecule has 2 aromatic carbocycles. The second kappa shape index (κ2) is 7.73. The number of rotatable bonds is 7. The molecule has 7 nitrogen and oxygen atoms in total. The average molecular weight is 384 g/mol. The van der Waals surface area contributed by atoms with Gasteiger partial charge in [0, 0.05) is 5.39 Å². The first kappa shape index (κ1) is 18.8. The summed E-state index contributed by atoms with van der Waals surface area (Å²) in [5, 5.41) is 11.6. The van der Waals surface area contributed by atoms with Crippen LogP contribution in [-0.4, -0.2) is 31.9 Å². The summed E-state index contributed by atoms with van der Waals surface area (Å²) < 4.78 is 30.0. The van der Waals surface area contributed by atoms with Gasteiger partial charge in [-0.2, -0.15) is 8.42 Å². The zero-order valence-corrected chi connectivity index (χ0v) is 15.5. The molecule has 8 heteroatoms. The van der Waals surface area contributed by atoms with Crippen LogP contribution in [0, 0.1) is 12.3 Å². The standard InChI is InChI=1S/C19H20N4O3S/c1-13-6-9-15(10-7-13)27(24,25)26-17(19(20)21)12-22-18-11-8-14-4-2-3-5-16(14)23-18/h2-11,17H,12H2,1H3,(H3,20,21)(H,22,23). The van der Waals surface area contributed by atoms with Crippen molar-refractivity contribution in [1.29, 1.82) is 5.41 Å². The Morgan fingerprint density at radius 2 is 1.85 bits per heavy atom. The van der Waals surface area contributed by atoms with Gasteiger partial charge in [-0.25, -0.2) is 4.98 Å². The van der Waals surface area contributed by atoms with Crippen molar-refractivity contribution in [2.75, 3.05) is 11.9 Å². The van der Waals surface area contributed by atoms with Gasteiger partial charge in [0.1, 0.15) is 11.7 Å². The van der Waals surface area contributed by atoms with Crippen LogP contribution < -0.4 is 11.1 Å². The number of hydrogen-bond donors (Lipinski definition) is 3. The van der Waals surface area contributed by atoms with Gasteiger partial charge < -0.3 is 11.1 Å². The van der Waals surface area contributed by atoms with E-state index in [0.717, 1.165) is 16.5 Å². The third-order valence-corrected chi connectivity index (χ3v) is 5.30. The molecule has 1 heterocycles. The Morgan fingerprint density at radius 3 is 2.56 bits per heavy atom. The number of pyridine rings is 1. The molecule has 0 amide bonds. The van der Waals surface area contributed by atoms with Crippen molar-refractivity contribution in [3.8, 4) is 0 Å². The fourth-order valence-corrected chi connectivity index (χ4v) is 3.53. The molecule has 0 saturated heterocycles. The smallest absolute Gasteiger partial charge is 0.297 e. The van der Waals surface area contributed by atoms with E-state index in [4.69, 9.17) is 15.3 Å². The second-order valence-corrected chi connectivity index (χ2v) is 7.65. The Bertz CT molecular complexity index is 1070. The first-order valence-corrected chi connectivity index (χ1v) is 9.69. The van der Waals surface area contributed by atoms with Crippen LogP contribution in [0.2, 0.25) is 0 Å². The highest BCUT2D eigenvalue weighted by atomic mass is 32.2. The third kappa shape index (κ3) is 4.60. The lowest BCUT2D eigenvalue weighted by atomic mass is 10.2. The number of fused-ring (bicyclic) bond motifs is 1. The SMILES string of the molecule is Cc1ccc(S(=O)(=O)OC(CNc2ccc3ccccc3n2)C(=N)N)cc1. The molecular weight excluding hydrogens is 364 g/mol. The number of benzene rings is 2. The molecule has 4 N–H and O–H groups in total. The number of aromatic nitrogens is 1. The summed E-state index contributed by atoms with van der Waals surface area (Å²) in [4.78, 5) is 4.46. The van der Waals surface area contributed by atoms with Crippen LogP contribution in [0.15, 0.2) is 65.6 Å². The lowest BCUT2D eigenvalue weighted by Gasteiger charge is -2.17. The number of nitrogens with one attached hydrogen (secondary N) is 2. The number of aryl methyl sites for hydroxylation is 1. The number of nitrogens with zero attached hydrogens (tertiary/aromatic N) is 1. The van der Waals surface area contributed by atoms with Gasteiger partial charge in [0.15, 0.2) is 6.10 Å². The van der Waals surface area contributed by atoms with E-state index in [1.165, 1.54) is 12.1 Å². The predicted molar refractivity (Wildman–Crippen MR) is 105 cm³/mol. The maximum absolute atomic E-state index is 12.4. The summed E-state index contributed by atoms with van der Waals surface area (Å²) in [6, 6.07) is 17.6. The fraction of sp³-hybridized carbons (Fsp3) is 0.158. The quantitative estimate of drug-likeness (QED) is 0.327. The Morgan fingerprint density at radius 1 is 1.15 bits per heavy atom. The minimum absolute atomic E-state index is 0.00817. The van der Waals surface area contributed by atoms with Crippen molar-refractivity contribution in [1.82, 2.24) is 4.98 Å². The number of anilines is 1. The molecule has 0 aliphatic carbocycles. The van der Waals surface area contributed by atoms with Gasteiger partial charge in [-0.15, -0.1) is 0 Å². The minimum Gasteiger partial charge on any atom is -0.385 e. The molecule has 0 spiro atoms.